The van der Waals surface area contributed by atoms with Crippen molar-refractivity contribution in [3.05, 3.63) is 6.42 Å². The molecule has 4 amide bonds. The van der Waals surface area contributed by atoms with E-state index in [0.29, 0.717) is 11.5 Å². The van der Waals surface area contributed by atoms with E-state index in [4.69, 9.17) is 10.6 Å². The van der Waals surface area contributed by atoms with Gasteiger partial charge in [0.25, 0.3) is 11.8 Å². The van der Waals surface area contributed by atoms with Crippen molar-refractivity contribution >= 4 is 35.6 Å². The van der Waals surface area contributed by atoms with Gasteiger partial charge in [-0.15, -0.1) is 5.06 Å². The zero-order chi connectivity index (χ0) is 16.8. The monoisotopic (exact) mass is 342 g/mol. The average Bonchev–Trinajstić information content (AvgIpc) is 3.04. The zero-order valence-electron chi connectivity index (χ0n) is 12.7. The third kappa shape index (κ3) is 5.12. The molecule has 2 atom stereocenters. The summed E-state index contributed by atoms with van der Waals surface area (Å²) in [5, 5.41) is 3.51. The van der Waals surface area contributed by atoms with Crippen LogP contribution in [0.15, 0.2) is 0 Å². The number of amides is 4. The summed E-state index contributed by atoms with van der Waals surface area (Å²) in [5.41, 5.74) is 5.13. The molecule has 0 bridgehead atoms. The Balaban J connectivity index is 1.63. The SMILES string of the molecule is NC(=O)N[C@H]1[CH]CS[C@H]1CCCCC(=O)ON1C(=O)CCC1=O. The predicted molar refractivity (Wildman–Crippen MR) is 82.7 cm³/mol. The van der Waals surface area contributed by atoms with E-state index in [1.54, 1.807) is 11.8 Å². The lowest BCUT2D eigenvalue weighted by Gasteiger charge is -2.18. The maximum absolute atomic E-state index is 11.6. The number of carbonyl (C=O) groups is 4. The molecule has 8 nitrogen and oxygen atoms in total. The van der Waals surface area contributed by atoms with Crippen LogP contribution in [-0.4, -0.2) is 45.9 Å². The van der Waals surface area contributed by atoms with Gasteiger partial charge >= 0.3 is 12.0 Å². The molecule has 0 aliphatic carbocycles. The molecule has 2 heterocycles. The summed E-state index contributed by atoms with van der Waals surface area (Å²) in [6.45, 7) is 0. The van der Waals surface area contributed by atoms with Gasteiger partial charge in [-0.2, -0.15) is 11.8 Å². The molecule has 23 heavy (non-hydrogen) atoms. The quantitative estimate of drug-likeness (QED) is 0.514. The second-order valence-corrected chi connectivity index (χ2v) is 6.70. The molecular weight excluding hydrogens is 322 g/mol. The van der Waals surface area contributed by atoms with E-state index in [-0.39, 0.29) is 30.6 Å². The molecule has 127 valence electrons. The molecule has 0 saturated carbocycles. The van der Waals surface area contributed by atoms with Crippen LogP contribution in [0.2, 0.25) is 0 Å². The number of thioether (sulfide) groups is 1. The van der Waals surface area contributed by atoms with Crippen molar-refractivity contribution in [1.29, 1.82) is 0 Å². The smallest absolute Gasteiger partial charge is 0.333 e. The van der Waals surface area contributed by atoms with Gasteiger partial charge in [0.05, 0.1) is 0 Å². The van der Waals surface area contributed by atoms with Crippen LogP contribution in [0, 0.1) is 6.42 Å². The third-order valence-corrected chi connectivity index (χ3v) is 5.03. The highest BCUT2D eigenvalue weighted by Gasteiger charge is 2.33. The lowest BCUT2D eigenvalue weighted by molar-refractivity contribution is -0.197. The van der Waals surface area contributed by atoms with Gasteiger partial charge in [-0.1, -0.05) is 6.42 Å². The van der Waals surface area contributed by atoms with E-state index in [2.05, 4.69) is 5.32 Å². The molecule has 0 aromatic heterocycles. The molecule has 2 aliphatic rings. The van der Waals surface area contributed by atoms with Crippen molar-refractivity contribution in [2.75, 3.05) is 5.75 Å². The van der Waals surface area contributed by atoms with Crippen LogP contribution in [0.25, 0.3) is 0 Å². The van der Waals surface area contributed by atoms with Crippen molar-refractivity contribution in [2.24, 2.45) is 5.73 Å². The Bertz CT molecular complexity index is 483. The van der Waals surface area contributed by atoms with Crippen LogP contribution in [0.4, 0.5) is 4.79 Å². The maximum atomic E-state index is 11.6. The normalized spacial score (nSPS) is 24.1. The summed E-state index contributed by atoms with van der Waals surface area (Å²) in [6.07, 6.45) is 4.55. The summed E-state index contributed by atoms with van der Waals surface area (Å²) in [6, 6.07) is -0.577. The molecule has 0 aromatic carbocycles. The van der Waals surface area contributed by atoms with Crippen molar-refractivity contribution in [1.82, 2.24) is 10.4 Å². The maximum Gasteiger partial charge on any atom is 0.333 e. The van der Waals surface area contributed by atoms with Gasteiger partial charge in [0.1, 0.15) is 0 Å². The molecule has 0 spiro atoms. The summed E-state index contributed by atoms with van der Waals surface area (Å²) in [7, 11) is 0. The number of urea groups is 1. The van der Waals surface area contributed by atoms with Gasteiger partial charge < -0.3 is 15.9 Å². The summed E-state index contributed by atoms with van der Waals surface area (Å²) >= 11 is 1.74. The van der Waals surface area contributed by atoms with Crippen molar-refractivity contribution < 1.29 is 24.0 Å². The van der Waals surface area contributed by atoms with Crippen molar-refractivity contribution in [3.63, 3.8) is 0 Å². The fourth-order valence-electron chi connectivity index (χ4n) is 2.54. The number of nitrogens with one attached hydrogen (secondary N) is 1. The minimum atomic E-state index is -0.578. The first-order chi connectivity index (χ1) is 11.0. The number of nitrogens with zero attached hydrogens (tertiary/aromatic N) is 1. The Morgan fingerprint density at radius 3 is 2.65 bits per heavy atom. The van der Waals surface area contributed by atoms with Gasteiger partial charge in [-0.3, -0.25) is 9.59 Å². The Morgan fingerprint density at radius 1 is 1.30 bits per heavy atom. The first-order valence-corrected chi connectivity index (χ1v) is 8.59. The number of rotatable bonds is 7. The van der Waals surface area contributed by atoms with E-state index in [9.17, 15) is 19.2 Å². The highest BCUT2D eigenvalue weighted by Crippen LogP contribution is 2.30. The standard InChI is InChI=1S/C14H20N3O5S/c15-14(21)16-9-7-8-23-10(9)3-1-2-4-13(20)22-17-11(18)5-6-12(17)19/h7,9-10H,1-6,8H2,(H3,15,16,21)/t9-,10-/m0/s1. The molecule has 1 radical (unpaired) electrons. The van der Waals surface area contributed by atoms with E-state index in [0.717, 1.165) is 18.6 Å². The zero-order valence-corrected chi connectivity index (χ0v) is 13.5. The van der Waals surface area contributed by atoms with Crippen LogP contribution in [-0.2, 0) is 19.2 Å². The number of hydrogen-bond donors (Lipinski definition) is 2. The molecule has 2 aliphatic heterocycles. The second-order valence-electron chi connectivity index (χ2n) is 5.43. The number of hydrogen-bond acceptors (Lipinski definition) is 6. The Hall–Kier alpha value is -1.77. The fourth-order valence-corrected chi connectivity index (χ4v) is 3.82. The Kier molecular flexibility index (Phi) is 6.26. The lowest BCUT2D eigenvalue weighted by atomic mass is 10.1. The molecule has 2 rings (SSSR count). The minimum absolute atomic E-state index is 0.0377. The van der Waals surface area contributed by atoms with E-state index < -0.39 is 23.8 Å². The fraction of sp³-hybridized carbons (Fsp3) is 0.643. The first kappa shape index (κ1) is 17.6. The highest BCUT2D eigenvalue weighted by molar-refractivity contribution is 8.00. The number of carbonyl (C=O) groups excluding carboxylic acids is 4. The van der Waals surface area contributed by atoms with Gasteiger partial charge in [-0.05, 0) is 25.0 Å². The second kappa shape index (κ2) is 8.19. The van der Waals surface area contributed by atoms with Crippen LogP contribution >= 0.6 is 11.8 Å². The number of imide groups is 1. The number of nitrogens with two attached hydrogens (primary N) is 1. The molecule has 9 heteroatoms. The van der Waals surface area contributed by atoms with Gasteiger partial charge in [0.2, 0.25) is 0 Å². The van der Waals surface area contributed by atoms with Crippen LogP contribution in [0.3, 0.4) is 0 Å². The minimum Gasteiger partial charge on any atom is -0.352 e. The molecule has 0 aromatic rings. The highest BCUT2D eigenvalue weighted by atomic mass is 32.2. The molecule has 2 saturated heterocycles. The molecule has 3 N–H and O–H groups in total. The Morgan fingerprint density at radius 2 is 2.00 bits per heavy atom. The first-order valence-electron chi connectivity index (χ1n) is 7.55. The number of unbranched alkanes of at least 4 members (excludes halogenated alkanes) is 1. The van der Waals surface area contributed by atoms with Crippen LogP contribution in [0.5, 0.6) is 0 Å². The van der Waals surface area contributed by atoms with Crippen molar-refractivity contribution in [3.8, 4) is 0 Å². The van der Waals surface area contributed by atoms with Gasteiger partial charge in [-0.25, -0.2) is 9.59 Å². The topological polar surface area (TPSA) is 119 Å². The van der Waals surface area contributed by atoms with Gasteiger partial charge in [0, 0.05) is 30.6 Å². The number of primary amides is 1. The summed E-state index contributed by atoms with van der Waals surface area (Å²) in [5.74, 6) is -0.661. The van der Waals surface area contributed by atoms with E-state index in [1.807, 2.05) is 6.42 Å². The van der Waals surface area contributed by atoms with Crippen LogP contribution in [0.1, 0.15) is 38.5 Å². The lowest BCUT2D eigenvalue weighted by Crippen LogP contribution is -2.42. The molecule has 2 fully saturated rings. The Labute approximate surface area is 138 Å². The molecule has 0 unspecified atom stereocenters. The van der Waals surface area contributed by atoms with Gasteiger partial charge in [0.15, 0.2) is 0 Å². The third-order valence-electron chi connectivity index (χ3n) is 3.69. The summed E-state index contributed by atoms with van der Waals surface area (Å²) < 4.78 is 0. The largest absolute Gasteiger partial charge is 0.352 e. The average molecular weight is 342 g/mol. The number of hydroxylamine groups is 2. The van der Waals surface area contributed by atoms with Crippen LogP contribution < -0.4 is 11.1 Å². The van der Waals surface area contributed by atoms with Crippen molar-refractivity contribution in [2.45, 2.75) is 49.8 Å². The summed E-state index contributed by atoms with van der Waals surface area (Å²) in [4.78, 5) is 50.0. The molecular formula is C14H20N3O5S. The van der Waals surface area contributed by atoms with E-state index in [1.165, 1.54) is 0 Å². The predicted octanol–water partition coefficient (Wildman–Crippen LogP) is 0.511. The van der Waals surface area contributed by atoms with E-state index >= 15 is 0 Å².